The number of rotatable bonds is 17. The van der Waals surface area contributed by atoms with Crippen LogP contribution in [-0.2, 0) is 39.9 Å². The third-order valence-corrected chi connectivity index (χ3v) is 9.57. The highest BCUT2D eigenvalue weighted by molar-refractivity contribution is 8.13. The van der Waals surface area contributed by atoms with E-state index in [1.165, 1.54) is 0 Å². The van der Waals surface area contributed by atoms with E-state index in [-0.39, 0.29) is 42.1 Å². The van der Waals surface area contributed by atoms with Gasteiger partial charge in [-0.05, 0) is 46.4 Å². The Morgan fingerprint density at radius 1 is 1.21 bits per heavy atom. The Morgan fingerprint density at radius 2 is 1.90 bits per heavy atom. The van der Waals surface area contributed by atoms with Gasteiger partial charge in [0.15, 0.2) is 16.3 Å². The smallest absolute Gasteiger partial charge is 0.323 e. The molecular formula is C25H42ClN6O7PS2. The second-order valence-corrected chi connectivity index (χ2v) is 15.1. The van der Waals surface area contributed by atoms with E-state index < -0.39 is 36.4 Å². The molecule has 0 saturated heterocycles. The van der Waals surface area contributed by atoms with Crippen molar-refractivity contribution in [3.8, 4) is 5.88 Å². The zero-order chi connectivity index (χ0) is 31.7. The van der Waals surface area contributed by atoms with E-state index in [1.54, 1.807) is 38.6 Å². The van der Waals surface area contributed by atoms with Crippen LogP contribution in [0.25, 0.3) is 11.2 Å². The predicted octanol–water partition coefficient (Wildman–Crippen LogP) is 4.44. The van der Waals surface area contributed by atoms with Gasteiger partial charge in [-0.3, -0.25) is 14.2 Å². The molecule has 0 amide bonds. The van der Waals surface area contributed by atoms with Crippen molar-refractivity contribution in [3.63, 3.8) is 0 Å². The minimum absolute atomic E-state index is 0.0270. The van der Waals surface area contributed by atoms with Crippen molar-refractivity contribution < 1.29 is 32.8 Å². The number of carbonyl (C=O) groups is 2. The van der Waals surface area contributed by atoms with Crippen molar-refractivity contribution in [1.29, 1.82) is 0 Å². The van der Waals surface area contributed by atoms with Crippen LogP contribution in [0.5, 0.6) is 5.88 Å². The lowest BCUT2D eigenvalue weighted by Gasteiger charge is -2.29. The Morgan fingerprint density at radius 3 is 2.50 bits per heavy atom. The molecule has 42 heavy (non-hydrogen) atoms. The molecule has 17 heteroatoms. The van der Waals surface area contributed by atoms with Gasteiger partial charge in [0.05, 0.1) is 44.2 Å². The van der Waals surface area contributed by atoms with E-state index in [0.717, 1.165) is 11.8 Å². The summed E-state index contributed by atoms with van der Waals surface area (Å²) in [6, 6.07) is -0.807. The number of hydrogen-bond acceptors (Lipinski definition) is 13. The maximum Gasteiger partial charge on any atom is 0.323 e. The highest BCUT2D eigenvalue weighted by Crippen LogP contribution is 2.45. The first-order chi connectivity index (χ1) is 19.6. The summed E-state index contributed by atoms with van der Waals surface area (Å²) < 4.78 is 30.7. The van der Waals surface area contributed by atoms with Crippen molar-refractivity contribution in [2.24, 2.45) is 5.41 Å². The molecule has 0 saturated carbocycles. The van der Waals surface area contributed by atoms with Gasteiger partial charge in [-0.1, -0.05) is 32.5 Å². The van der Waals surface area contributed by atoms with Crippen LogP contribution < -0.4 is 15.6 Å². The number of aromatic nitrogens is 4. The van der Waals surface area contributed by atoms with Gasteiger partial charge in [-0.25, -0.2) is 10.1 Å². The molecule has 4 unspecified atom stereocenters. The van der Waals surface area contributed by atoms with Crippen molar-refractivity contribution >= 4 is 70.0 Å². The number of nitrogen functional groups attached to an aromatic ring is 1. The molecule has 0 aliphatic rings. The van der Waals surface area contributed by atoms with Gasteiger partial charge >= 0.3 is 5.97 Å². The number of hydrogen-bond donors (Lipinski definition) is 2. The number of ether oxygens (including phenoxy) is 3. The molecule has 4 atom stereocenters. The minimum Gasteiger partial charge on any atom is -0.476 e. The number of halogens is 1. The Hall–Kier alpha value is -1.58. The lowest BCUT2D eigenvalue weighted by atomic mass is 10.00. The number of esters is 1. The molecule has 0 bridgehead atoms. The largest absolute Gasteiger partial charge is 0.476 e. The first-order valence-electron chi connectivity index (χ1n) is 13.5. The summed E-state index contributed by atoms with van der Waals surface area (Å²) in [5.41, 5.74) is 6.26. The highest BCUT2D eigenvalue weighted by atomic mass is 35.5. The molecule has 13 nitrogen and oxygen atoms in total. The van der Waals surface area contributed by atoms with Crippen molar-refractivity contribution in [3.05, 3.63) is 6.33 Å². The standard InChI is InChI=1S/C25H42ClN6O7PS2/c1-9-35-21-19-20(29-24(27)30-21)32(14-28-19)17(5)39-18(12-26)13-37-40(41,31-16(4)22(33)38-15(2)3)36-10-11-42-23(34)25(6,7)8/h14-18H,9-13H2,1-8H3,(H,31,41)(H2,27,29,30). The van der Waals surface area contributed by atoms with E-state index in [4.69, 9.17) is 52.4 Å². The number of anilines is 1. The maximum absolute atomic E-state index is 12.5. The minimum atomic E-state index is -3.26. The summed E-state index contributed by atoms with van der Waals surface area (Å²) in [6.45, 7) is 11.5. The zero-order valence-electron chi connectivity index (χ0n) is 25.3. The van der Waals surface area contributed by atoms with Gasteiger partial charge in [-0.15, -0.1) is 11.6 Å². The fraction of sp³-hybridized carbons (Fsp3) is 0.720. The average molecular weight is 669 g/mol. The second-order valence-electron chi connectivity index (χ2n) is 10.5. The predicted molar refractivity (Wildman–Crippen MR) is 168 cm³/mol. The number of imidazole rings is 1. The lowest BCUT2D eigenvalue weighted by Crippen LogP contribution is -2.36. The van der Waals surface area contributed by atoms with Gasteiger partial charge in [0, 0.05) is 11.2 Å². The second kappa shape index (κ2) is 16.5. The van der Waals surface area contributed by atoms with Crippen molar-refractivity contribution in [1.82, 2.24) is 24.6 Å². The third kappa shape index (κ3) is 11.2. The summed E-state index contributed by atoms with van der Waals surface area (Å²) in [5, 5.41) is 3.01. The van der Waals surface area contributed by atoms with Crippen molar-refractivity contribution in [2.75, 3.05) is 37.2 Å². The first kappa shape index (κ1) is 36.6. The first-order valence-corrected chi connectivity index (χ1v) is 17.6. The van der Waals surface area contributed by atoms with Gasteiger partial charge in [-0.2, -0.15) is 9.97 Å². The Kier molecular flexibility index (Phi) is 14.4. The molecule has 0 aliphatic carbocycles. The summed E-state index contributed by atoms with van der Waals surface area (Å²) >= 11 is 13.1. The molecular weight excluding hydrogens is 627 g/mol. The molecule has 2 heterocycles. The number of nitrogens with zero attached hydrogens (tertiary/aromatic N) is 4. The lowest BCUT2D eigenvalue weighted by molar-refractivity contribution is -0.149. The van der Waals surface area contributed by atoms with Gasteiger partial charge in [0.2, 0.25) is 11.8 Å². The van der Waals surface area contributed by atoms with Crippen LogP contribution in [0.2, 0.25) is 0 Å². The number of alkyl halides is 1. The van der Waals surface area contributed by atoms with Crippen molar-refractivity contribution in [2.45, 2.75) is 79.9 Å². The quantitative estimate of drug-likeness (QED) is 0.105. The fourth-order valence-corrected chi connectivity index (χ4v) is 6.75. The van der Waals surface area contributed by atoms with E-state index in [2.05, 4.69) is 20.0 Å². The summed E-state index contributed by atoms with van der Waals surface area (Å²) in [7, 11) is 0. The van der Waals surface area contributed by atoms with Crippen LogP contribution in [0.4, 0.5) is 5.95 Å². The van der Waals surface area contributed by atoms with Crippen LogP contribution in [-0.4, -0.2) is 80.3 Å². The molecule has 2 aromatic heterocycles. The van der Waals surface area contributed by atoms with E-state index in [1.807, 2.05) is 27.7 Å². The van der Waals surface area contributed by atoms with Crippen LogP contribution >= 0.6 is 30.0 Å². The Labute approximate surface area is 261 Å². The van der Waals surface area contributed by atoms with Crippen LogP contribution in [0.15, 0.2) is 6.33 Å². The molecule has 238 valence electrons. The number of fused-ring (bicyclic) bond motifs is 1. The van der Waals surface area contributed by atoms with E-state index in [9.17, 15) is 9.59 Å². The molecule has 0 aromatic carbocycles. The number of nitrogens with one attached hydrogen (secondary N) is 1. The summed E-state index contributed by atoms with van der Waals surface area (Å²) in [4.78, 5) is 37.5. The van der Waals surface area contributed by atoms with Gasteiger partial charge < -0.3 is 29.0 Å². The van der Waals surface area contributed by atoms with Gasteiger partial charge in [0.25, 0.3) is 6.64 Å². The van der Waals surface area contributed by atoms with Crippen LogP contribution in [0.3, 0.4) is 0 Å². The number of thioether (sulfide) groups is 1. The average Bonchev–Trinajstić information content (AvgIpc) is 3.32. The molecule has 0 spiro atoms. The number of carbonyl (C=O) groups excluding carboxylic acids is 2. The molecule has 2 aromatic rings. The fourth-order valence-electron chi connectivity index (χ4n) is 3.30. The highest BCUT2D eigenvalue weighted by Gasteiger charge is 2.29. The monoisotopic (exact) mass is 668 g/mol. The molecule has 0 fully saturated rings. The van der Waals surface area contributed by atoms with E-state index in [0.29, 0.717) is 23.5 Å². The summed E-state index contributed by atoms with van der Waals surface area (Å²) in [6.07, 6.45) is 0.0252. The van der Waals surface area contributed by atoms with Crippen LogP contribution in [0, 0.1) is 5.41 Å². The molecule has 2 rings (SSSR count). The number of nitrogens with two attached hydrogens (primary N) is 1. The molecule has 0 radical (unpaired) electrons. The topological polar surface area (TPSA) is 162 Å². The van der Waals surface area contributed by atoms with Gasteiger partial charge in [0.1, 0.15) is 12.3 Å². The normalized spacial score (nSPS) is 15.8. The Balaban J connectivity index is 2.13. The zero-order valence-corrected chi connectivity index (χ0v) is 28.6. The Bertz CT molecular complexity index is 1250. The third-order valence-electron chi connectivity index (χ3n) is 5.32. The summed E-state index contributed by atoms with van der Waals surface area (Å²) in [5.74, 6) is 0.239. The van der Waals surface area contributed by atoms with Crippen LogP contribution in [0.1, 0.15) is 61.6 Å². The molecule has 0 aliphatic heterocycles. The van der Waals surface area contributed by atoms with E-state index >= 15 is 0 Å². The molecule has 3 N–H and O–H groups in total. The maximum atomic E-state index is 12.5. The SMILES string of the molecule is CCOc1nc(N)nc2c1ncn2C(C)OC(CCl)COP(=S)(NC(C)C(=O)OC(C)C)OCCSC(=O)C(C)(C)C.